The number of piperidine rings is 1. The summed E-state index contributed by atoms with van der Waals surface area (Å²) >= 11 is 0. The molecule has 2 unspecified atom stereocenters. The minimum Gasteiger partial charge on any atom is -0.453 e. The maximum atomic E-state index is 12.8. The summed E-state index contributed by atoms with van der Waals surface area (Å²) in [5.74, 6) is 1.93. The summed E-state index contributed by atoms with van der Waals surface area (Å²) in [5, 5.41) is 8.96. The highest BCUT2D eigenvalue weighted by Crippen LogP contribution is 2.31. The van der Waals surface area contributed by atoms with Crippen molar-refractivity contribution in [3.05, 3.63) is 59.9 Å². The van der Waals surface area contributed by atoms with Crippen molar-refractivity contribution < 1.29 is 19.1 Å². The molecule has 0 spiro atoms. The summed E-state index contributed by atoms with van der Waals surface area (Å²) in [6.45, 7) is 16.2. The van der Waals surface area contributed by atoms with Crippen molar-refractivity contribution in [3.8, 4) is 0 Å². The van der Waals surface area contributed by atoms with E-state index in [1.54, 1.807) is 12.1 Å². The molecular weight excluding hydrogens is 566 g/mol. The fourth-order valence-electron chi connectivity index (χ4n) is 5.81. The maximum Gasteiger partial charge on any atom is 0.410 e. The second-order valence-electron chi connectivity index (χ2n) is 13.5. The molecule has 3 aromatic rings. The normalized spacial score (nSPS) is 16.7. The number of nitrogens with zero attached hydrogens (tertiary/aromatic N) is 3. The van der Waals surface area contributed by atoms with Gasteiger partial charge in [-0.05, 0) is 96.9 Å². The predicted octanol–water partition coefficient (Wildman–Crippen LogP) is 8.23. The van der Waals surface area contributed by atoms with Gasteiger partial charge < -0.3 is 25.0 Å². The van der Waals surface area contributed by atoms with Gasteiger partial charge in [0, 0.05) is 42.6 Å². The Labute approximate surface area is 268 Å². The molecule has 2 N–H and O–H groups in total. The molecule has 1 aromatic carbocycles. The molecule has 9 heteroatoms. The monoisotopic (exact) mass is 617 g/mol. The number of carbonyl (C=O) groups is 2. The van der Waals surface area contributed by atoms with Crippen LogP contribution in [0.1, 0.15) is 103 Å². The number of ether oxygens (including phenoxy) is 2. The summed E-state index contributed by atoms with van der Waals surface area (Å²) < 4.78 is 11.4. The van der Waals surface area contributed by atoms with Crippen molar-refractivity contribution in [2.75, 3.05) is 30.3 Å². The number of hydrogen-bond acceptors (Lipinski definition) is 8. The van der Waals surface area contributed by atoms with Gasteiger partial charge in [-0.3, -0.25) is 0 Å². The molecule has 1 amide bonds. The topological polar surface area (TPSA) is 106 Å². The average molecular weight is 618 g/mol. The second-order valence-corrected chi connectivity index (χ2v) is 13.5. The predicted molar refractivity (Wildman–Crippen MR) is 181 cm³/mol. The first-order chi connectivity index (χ1) is 21.4. The van der Waals surface area contributed by atoms with Gasteiger partial charge in [-0.15, -0.1) is 0 Å². The number of fused-ring (bicyclic) bond motifs is 1. The zero-order valence-corrected chi connectivity index (χ0v) is 28.1. The fraction of sp³-hybridized carbons (Fsp3) is 0.556. The third-order valence-corrected chi connectivity index (χ3v) is 8.12. The van der Waals surface area contributed by atoms with Gasteiger partial charge in [-0.2, -0.15) is 0 Å². The zero-order chi connectivity index (χ0) is 32.6. The van der Waals surface area contributed by atoms with Crippen LogP contribution in [0, 0.1) is 11.8 Å². The molecule has 2 aromatic heterocycles. The molecule has 1 aliphatic rings. The van der Waals surface area contributed by atoms with E-state index in [0.29, 0.717) is 23.1 Å². The number of pyridine rings is 2. The Balaban J connectivity index is 1.50. The van der Waals surface area contributed by atoms with Crippen LogP contribution in [0.15, 0.2) is 48.7 Å². The lowest BCUT2D eigenvalue weighted by Gasteiger charge is -2.38. The van der Waals surface area contributed by atoms with E-state index in [1.165, 1.54) is 0 Å². The first-order valence-electron chi connectivity index (χ1n) is 16.5. The Morgan fingerprint density at radius 1 is 1.11 bits per heavy atom. The quantitative estimate of drug-likeness (QED) is 0.196. The van der Waals surface area contributed by atoms with Gasteiger partial charge >= 0.3 is 12.1 Å². The highest BCUT2D eigenvalue weighted by molar-refractivity contribution is 5.94. The Hall–Kier alpha value is -3.88. The summed E-state index contributed by atoms with van der Waals surface area (Å²) in [6, 6.07) is 13.1. The second kappa shape index (κ2) is 15.4. The van der Waals surface area contributed by atoms with E-state index in [4.69, 9.17) is 19.4 Å². The lowest BCUT2D eigenvalue weighted by Crippen LogP contribution is -2.45. The van der Waals surface area contributed by atoms with E-state index in [0.717, 1.165) is 74.1 Å². The van der Waals surface area contributed by atoms with Gasteiger partial charge in [0.25, 0.3) is 0 Å². The lowest BCUT2D eigenvalue weighted by atomic mass is 9.82. The van der Waals surface area contributed by atoms with Crippen molar-refractivity contribution >= 4 is 34.5 Å². The molecular formula is C36H51N5O4. The molecule has 0 saturated carbocycles. The number of unbranched alkanes of at least 4 members (excludes halogenated alkanes) is 1. The summed E-state index contributed by atoms with van der Waals surface area (Å²) in [5.41, 5.74) is 0.661. The van der Waals surface area contributed by atoms with Crippen LogP contribution < -0.4 is 10.6 Å². The molecule has 244 valence electrons. The van der Waals surface area contributed by atoms with E-state index >= 15 is 0 Å². The van der Waals surface area contributed by atoms with Gasteiger partial charge in [-0.1, -0.05) is 38.0 Å². The molecule has 45 heavy (non-hydrogen) atoms. The Morgan fingerprint density at radius 3 is 2.56 bits per heavy atom. The zero-order valence-electron chi connectivity index (χ0n) is 28.1. The van der Waals surface area contributed by atoms with E-state index in [-0.39, 0.29) is 18.1 Å². The number of esters is 1. The van der Waals surface area contributed by atoms with Crippen LogP contribution in [0.4, 0.5) is 16.4 Å². The van der Waals surface area contributed by atoms with Crippen LogP contribution in [-0.4, -0.2) is 58.2 Å². The molecule has 3 heterocycles. The lowest BCUT2D eigenvalue weighted by molar-refractivity contribution is 0.0129. The summed E-state index contributed by atoms with van der Waals surface area (Å²) in [6.07, 6.45) is 6.54. The third-order valence-electron chi connectivity index (χ3n) is 8.12. The number of benzene rings is 1. The van der Waals surface area contributed by atoms with Crippen LogP contribution in [0.5, 0.6) is 0 Å². The molecule has 0 radical (unpaired) electrons. The Morgan fingerprint density at radius 2 is 1.87 bits per heavy atom. The van der Waals surface area contributed by atoms with Gasteiger partial charge in [0.1, 0.15) is 23.3 Å². The Kier molecular flexibility index (Phi) is 11.6. The minimum absolute atomic E-state index is 0.153. The van der Waals surface area contributed by atoms with Crippen LogP contribution in [0.2, 0.25) is 0 Å². The summed E-state index contributed by atoms with van der Waals surface area (Å²) in [7, 11) is 0. The van der Waals surface area contributed by atoms with Crippen molar-refractivity contribution in [1.29, 1.82) is 0 Å². The highest BCUT2D eigenvalue weighted by atomic mass is 16.6. The fourth-order valence-corrected chi connectivity index (χ4v) is 5.81. The molecule has 0 aliphatic carbocycles. The van der Waals surface area contributed by atoms with Crippen molar-refractivity contribution in [1.82, 2.24) is 14.9 Å². The number of rotatable bonds is 12. The molecule has 1 saturated heterocycles. The average Bonchev–Trinajstić information content (AvgIpc) is 3.00. The van der Waals surface area contributed by atoms with E-state index in [1.807, 2.05) is 69.1 Å². The maximum absolute atomic E-state index is 12.8. The van der Waals surface area contributed by atoms with E-state index in [2.05, 4.69) is 31.4 Å². The number of carbonyl (C=O) groups excluding carboxylic acids is 2. The van der Waals surface area contributed by atoms with Crippen molar-refractivity contribution in [2.24, 2.45) is 11.8 Å². The van der Waals surface area contributed by atoms with Crippen molar-refractivity contribution in [3.63, 3.8) is 0 Å². The number of amides is 1. The third kappa shape index (κ3) is 9.80. The molecule has 3 atom stereocenters. The number of aromatic nitrogens is 2. The minimum atomic E-state index is -0.539. The van der Waals surface area contributed by atoms with Crippen LogP contribution in [0.25, 0.3) is 10.8 Å². The summed E-state index contributed by atoms with van der Waals surface area (Å²) in [4.78, 5) is 37.1. The van der Waals surface area contributed by atoms with Crippen LogP contribution >= 0.6 is 0 Å². The van der Waals surface area contributed by atoms with E-state index in [9.17, 15) is 9.59 Å². The highest BCUT2D eigenvalue weighted by Gasteiger charge is 2.31. The molecule has 1 aliphatic heterocycles. The largest absolute Gasteiger partial charge is 0.453 e. The molecule has 4 rings (SSSR count). The molecule has 9 nitrogen and oxygen atoms in total. The van der Waals surface area contributed by atoms with Crippen LogP contribution in [-0.2, 0) is 9.47 Å². The number of hydrogen-bond donors (Lipinski definition) is 2. The molecule has 1 fully saturated rings. The Bertz CT molecular complexity index is 1420. The SMILES string of the molecule is CCCCC(CNc1cc2c(NC(C)C)nc(C(C)OC(=O)c3ccccc3)cc2cn1)[C@H]1CCCN(C(=O)OC(C)(C)C)C1. The van der Waals surface area contributed by atoms with Gasteiger partial charge in [0.15, 0.2) is 0 Å². The number of likely N-dealkylation sites (tertiary alicyclic amines) is 1. The van der Waals surface area contributed by atoms with Crippen LogP contribution in [0.3, 0.4) is 0 Å². The van der Waals surface area contributed by atoms with Crippen molar-refractivity contribution in [2.45, 2.75) is 98.3 Å². The number of anilines is 2. The van der Waals surface area contributed by atoms with Gasteiger partial charge in [0.05, 0.1) is 11.3 Å². The standard InChI is InChI=1S/C36H51N5O4/c1-8-9-14-27(28-17-13-18-41(23-28)35(43)45-36(5,6)7)21-37-32-20-30-29(22-38-32)19-31(40-33(30)39-24(2)3)25(4)44-34(42)26-15-11-10-12-16-26/h10-12,15-16,19-20,22,24-25,27-28H,8-9,13-14,17-18,21,23H2,1-7H3,(H,37,38)(H,39,40)/t25?,27?,28-/m0/s1. The smallest absolute Gasteiger partial charge is 0.410 e. The molecule has 0 bridgehead atoms. The first kappa shape index (κ1) is 34.0. The van der Waals surface area contributed by atoms with Gasteiger partial charge in [0.2, 0.25) is 0 Å². The number of nitrogens with one attached hydrogen (secondary N) is 2. The first-order valence-corrected chi connectivity index (χ1v) is 16.5. The van der Waals surface area contributed by atoms with E-state index < -0.39 is 11.7 Å². The van der Waals surface area contributed by atoms with Gasteiger partial charge in [-0.25, -0.2) is 19.6 Å².